The summed E-state index contributed by atoms with van der Waals surface area (Å²) in [6.45, 7) is 13.8. The zero-order chi connectivity index (χ0) is 39.1. The lowest BCUT2D eigenvalue weighted by Gasteiger charge is -2.50. The SMILES string of the molecule is CCC1O[C@H](O[C@@H]2C(C(C)=O)OC(O[C@@H]3C(CC)OC(OC(=N)C(Cl)(Cl)Cl)[C@@H](N=[N+]=[N-])[C@H]3C)[C@@H](OC(=O)CCC(C)=O)[C@H]2C)C(N=[N+]=[N-])[C@@H](C)[C@@H]1C. The quantitative estimate of drug-likeness (QED) is 0.0363. The largest absolute Gasteiger partial charge is 0.457 e. The summed E-state index contributed by atoms with van der Waals surface area (Å²) in [5, 5.41) is 15.8. The number of alkyl halides is 3. The summed E-state index contributed by atoms with van der Waals surface area (Å²) in [5.41, 5.74) is 18.8. The Morgan fingerprint density at radius 3 is 1.81 bits per heavy atom. The number of azide groups is 2. The molecular weight excluding hydrogens is 749 g/mol. The van der Waals surface area contributed by atoms with Gasteiger partial charge in [0, 0.05) is 22.2 Å². The van der Waals surface area contributed by atoms with Gasteiger partial charge in [0.2, 0.25) is 12.2 Å². The third-order valence-corrected chi connectivity index (χ3v) is 10.6. The smallest absolute Gasteiger partial charge is 0.306 e. The van der Waals surface area contributed by atoms with E-state index in [4.69, 9.17) is 73.4 Å². The number of carbonyl (C=O) groups is 3. The molecule has 6 unspecified atom stereocenters. The standard InChI is InChI=1S/C32H48Cl3N7O10/c1-9-19-14(4)15(5)22(39-41-37)28(46-19)50-25-17(7)26(48-21(45)12-11-13(3)43)30(51-27(25)18(8)44)49-24-16(6)23(40-42-38)29(47-20(24)10-2)52-31(36)32(33,34)35/h14-17,19-20,22-30,36H,9-12H2,1-8H3/t14-,15-,16+,17-,19?,20?,22?,23-,24-,25-,26-,27?,28+,29?,30?/m0/s1. The molecule has 0 saturated carbocycles. The zero-order valence-corrected chi connectivity index (χ0v) is 32.7. The highest BCUT2D eigenvalue weighted by Gasteiger charge is 2.54. The van der Waals surface area contributed by atoms with E-state index in [0.717, 1.165) is 0 Å². The van der Waals surface area contributed by atoms with Crippen LogP contribution in [0.5, 0.6) is 0 Å². The van der Waals surface area contributed by atoms with E-state index >= 15 is 0 Å². The number of hydrogen-bond acceptors (Lipinski definition) is 13. The van der Waals surface area contributed by atoms with Gasteiger partial charge >= 0.3 is 5.97 Å². The molecule has 0 aromatic carbocycles. The molecule has 3 aliphatic heterocycles. The van der Waals surface area contributed by atoms with Gasteiger partial charge < -0.3 is 38.0 Å². The van der Waals surface area contributed by atoms with E-state index in [1.54, 1.807) is 20.8 Å². The van der Waals surface area contributed by atoms with E-state index in [-0.39, 0.29) is 36.6 Å². The van der Waals surface area contributed by atoms with Crippen molar-refractivity contribution in [3.63, 3.8) is 0 Å². The third-order valence-electron chi connectivity index (χ3n) is 10.0. The molecule has 292 valence electrons. The van der Waals surface area contributed by atoms with Crippen LogP contribution in [0, 0.1) is 29.1 Å². The monoisotopic (exact) mass is 795 g/mol. The lowest BCUT2D eigenvalue weighted by Crippen LogP contribution is -2.63. The fourth-order valence-electron chi connectivity index (χ4n) is 6.83. The Morgan fingerprint density at radius 2 is 1.29 bits per heavy atom. The van der Waals surface area contributed by atoms with Crippen molar-refractivity contribution in [3.05, 3.63) is 20.9 Å². The van der Waals surface area contributed by atoms with Crippen molar-refractivity contribution in [1.82, 2.24) is 0 Å². The zero-order valence-electron chi connectivity index (χ0n) is 30.4. The molecule has 20 heteroatoms. The predicted molar refractivity (Wildman–Crippen MR) is 188 cm³/mol. The first-order valence-corrected chi connectivity index (χ1v) is 18.4. The summed E-state index contributed by atoms with van der Waals surface area (Å²) in [7, 11) is 0. The first kappa shape index (κ1) is 44.0. The van der Waals surface area contributed by atoms with Crippen molar-refractivity contribution in [2.45, 2.75) is 152 Å². The van der Waals surface area contributed by atoms with Crippen LogP contribution in [0.3, 0.4) is 0 Å². The van der Waals surface area contributed by atoms with Crippen molar-refractivity contribution in [2.24, 2.45) is 33.9 Å². The Hall–Kier alpha value is -2.43. The number of carbonyl (C=O) groups excluding carboxylic acids is 3. The maximum absolute atomic E-state index is 13.3. The van der Waals surface area contributed by atoms with Gasteiger partial charge in [0.1, 0.15) is 24.0 Å². The number of esters is 1. The molecule has 52 heavy (non-hydrogen) atoms. The fraction of sp³-hybridized carbons (Fsp3) is 0.875. The Balaban J connectivity index is 2.01. The van der Waals surface area contributed by atoms with E-state index in [2.05, 4.69) is 20.1 Å². The molecule has 0 aromatic rings. The summed E-state index contributed by atoms with van der Waals surface area (Å²) in [4.78, 5) is 44.0. The second-order valence-corrected chi connectivity index (χ2v) is 15.8. The normalized spacial score (nSPS) is 37.9. The van der Waals surface area contributed by atoms with Crippen LogP contribution in [0.1, 0.15) is 81.1 Å². The minimum Gasteiger partial charge on any atom is -0.457 e. The van der Waals surface area contributed by atoms with Crippen LogP contribution in [0.15, 0.2) is 10.2 Å². The fourth-order valence-corrected chi connectivity index (χ4v) is 6.96. The molecule has 3 fully saturated rings. The van der Waals surface area contributed by atoms with Gasteiger partial charge in [-0.15, -0.1) is 0 Å². The minimum atomic E-state index is -2.22. The van der Waals surface area contributed by atoms with Crippen LogP contribution >= 0.6 is 34.8 Å². The molecule has 17 nitrogen and oxygen atoms in total. The maximum atomic E-state index is 13.3. The highest BCUT2D eigenvalue weighted by Crippen LogP contribution is 2.41. The molecule has 0 aliphatic carbocycles. The molecule has 0 radical (unpaired) electrons. The Kier molecular flexibility index (Phi) is 16.3. The summed E-state index contributed by atoms with van der Waals surface area (Å²) >= 11 is 17.5. The number of rotatable bonds is 14. The average Bonchev–Trinajstić information content (AvgIpc) is 3.07. The molecule has 3 aliphatic rings. The van der Waals surface area contributed by atoms with Crippen LogP contribution in [0.2, 0.25) is 0 Å². The van der Waals surface area contributed by atoms with Gasteiger partial charge in [-0.2, -0.15) is 0 Å². The molecular formula is C32H48Cl3N7O10. The first-order chi connectivity index (χ1) is 24.4. The molecule has 0 aromatic heterocycles. The van der Waals surface area contributed by atoms with E-state index in [9.17, 15) is 25.4 Å². The number of ketones is 2. The highest BCUT2D eigenvalue weighted by molar-refractivity contribution is 6.76. The van der Waals surface area contributed by atoms with Crippen molar-refractivity contribution in [2.75, 3.05) is 0 Å². The van der Waals surface area contributed by atoms with Crippen LogP contribution in [0.4, 0.5) is 0 Å². The van der Waals surface area contributed by atoms with Crippen LogP contribution < -0.4 is 0 Å². The third kappa shape index (κ3) is 10.6. The number of ether oxygens (including phenoxy) is 7. The number of hydrogen-bond donors (Lipinski definition) is 1. The van der Waals surface area contributed by atoms with Crippen molar-refractivity contribution in [1.29, 1.82) is 5.41 Å². The van der Waals surface area contributed by atoms with Gasteiger partial charge in [0.05, 0.1) is 30.8 Å². The van der Waals surface area contributed by atoms with Gasteiger partial charge in [-0.25, -0.2) is 0 Å². The second kappa shape index (κ2) is 19.2. The molecule has 0 bridgehead atoms. The van der Waals surface area contributed by atoms with Crippen LogP contribution in [-0.2, 0) is 47.5 Å². The van der Waals surface area contributed by atoms with Crippen LogP contribution in [-0.4, -0.2) is 94.8 Å². The Bertz CT molecular complexity index is 1390. The lowest BCUT2D eigenvalue weighted by molar-refractivity contribution is -0.342. The molecule has 3 saturated heterocycles. The molecule has 3 heterocycles. The Labute approximate surface area is 317 Å². The maximum Gasteiger partial charge on any atom is 0.306 e. The topological polar surface area (TPSA) is 237 Å². The summed E-state index contributed by atoms with van der Waals surface area (Å²) in [6, 6.07) is -1.84. The first-order valence-electron chi connectivity index (χ1n) is 17.3. The van der Waals surface area contributed by atoms with E-state index in [1.165, 1.54) is 13.8 Å². The number of Topliss-reactive ketones (excluding diaryl/α,β-unsaturated/α-hetero) is 2. The minimum absolute atomic E-state index is 0.0371. The van der Waals surface area contributed by atoms with Crippen molar-refractivity contribution in [3.8, 4) is 0 Å². The van der Waals surface area contributed by atoms with Gasteiger partial charge in [-0.3, -0.25) is 15.0 Å². The van der Waals surface area contributed by atoms with E-state index in [0.29, 0.717) is 12.8 Å². The highest BCUT2D eigenvalue weighted by atomic mass is 35.6. The van der Waals surface area contributed by atoms with Gasteiger partial charge in [0.25, 0.3) is 3.79 Å². The van der Waals surface area contributed by atoms with Gasteiger partial charge in [-0.1, -0.05) is 86.6 Å². The predicted octanol–water partition coefficient (Wildman–Crippen LogP) is 6.89. The summed E-state index contributed by atoms with van der Waals surface area (Å²) < 4.78 is 40.9. The number of halogens is 3. The molecule has 3 rings (SSSR count). The van der Waals surface area contributed by atoms with Gasteiger partial charge in [0.15, 0.2) is 24.5 Å². The van der Waals surface area contributed by atoms with E-state index < -0.39 is 94.8 Å². The Morgan fingerprint density at radius 1 is 0.731 bits per heavy atom. The average molecular weight is 797 g/mol. The summed E-state index contributed by atoms with van der Waals surface area (Å²) in [6.07, 6.45) is -8.52. The van der Waals surface area contributed by atoms with E-state index in [1.807, 2.05) is 20.8 Å². The molecule has 15 atom stereocenters. The lowest BCUT2D eigenvalue weighted by atomic mass is 9.81. The molecule has 1 N–H and O–H groups in total. The molecule has 0 spiro atoms. The second-order valence-electron chi connectivity index (χ2n) is 13.6. The van der Waals surface area contributed by atoms with Gasteiger partial charge in [-0.05, 0) is 55.5 Å². The van der Waals surface area contributed by atoms with Crippen molar-refractivity contribution >= 4 is 58.2 Å². The number of nitrogens with one attached hydrogen (secondary N) is 1. The van der Waals surface area contributed by atoms with Crippen LogP contribution in [0.25, 0.3) is 20.9 Å². The van der Waals surface area contributed by atoms with Crippen molar-refractivity contribution < 1.29 is 47.5 Å². The molecule has 0 amide bonds. The summed E-state index contributed by atoms with van der Waals surface area (Å²) in [5.74, 6) is -3.69. The number of nitrogens with zero attached hydrogens (tertiary/aromatic N) is 6.